The summed E-state index contributed by atoms with van der Waals surface area (Å²) in [5.74, 6) is 1.34. The van der Waals surface area contributed by atoms with Gasteiger partial charge >= 0.3 is 6.03 Å². The Labute approximate surface area is 155 Å². The second kappa shape index (κ2) is 6.91. The summed E-state index contributed by atoms with van der Waals surface area (Å²) in [6.45, 7) is 3.61. The topological polar surface area (TPSA) is 90.0 Å². The van der Waals surface area contributed by atoms with E-state index >= 15 is 0 Å². The van der Waals surface area contributed by atoms with Crippen LogP contribution in [0.2, 0.25) is 0 Å². The number of aromatic amines is 1. The van der Waals surface area contributed by atoms with Gasteiger partial charge in [0, 0.05) is 37.9 Å². The van der Waals surface area contributed by atoms with Gasteiger partial charge in [-0.1, -0.05) is 6.92 Å². The molecule has 2 unspecified atom stereocenters. The smallest absolute Gasteiger partial charge is 0.323 e. The van der Waals surface area contributed by atoms with E-state index in [-0.39, 0.29) is 12.1 Å². The first kappa shape index (κ1) is 16.8. The van der Waals surface area contributed by atoms with Crippen molar-refractivity contribution in [3.8, 4) is 0 Å². The maximum Gasteiger partial charge on any atom is 0.323 e. The zero-order valence-electron chi connectivity index (χ0n) is 14.7. The average Bonchev–Trinajstić information content (AvgIpc) is 3.32. The van der Waals surface area contributed by atoms with E-state index in [9.17, 15) is 4.79 Å². The fourth-order valence-electron chi connectivity index (χ4n) is 3.49. The second-order valence-electron chi connectivity index (χ2n) is 6.59. The van der Waals surface area contributed by atoms with Crippen LogP contribution in [0.25, 0.3) is 11.0 Å². The van der Waals surface area contributed by atoms with Crippen molar-refractivity contribution in [1.82, 2.24) is 24.8 Å². The molecule has 4 heterocycles. The number of H-pyrrole nitrogens is 1. The van der Waals surface area contributed by atoms with Crippen LogP contribution < -0.4 is 10.2 Å². The number of fused-ring (bicyclic) bond motifs is 1. The van der Waals surface area contributed by atoms with Gasteiger partial charge in [-0.25, -0.2) is 19.7 Å². The number of amides is 2. The zero-order chi connectivity index (χ0) is 18.1. The van der Waals surface area contributed by atoms with Crippen LogP contribution in [-0.4, -0.2) is 57.0 Å². The molecule has 0 radical (unpaired) electrons. The number of hydrogen-bond donors (Lipinski definition) is 2. The Morgan fingerprint density at radius 2 is 2.31 bits per heavy atom. The summed E-state index contributed by atoms with van der Waals surface area (Å²) >= 11 is 1.42. The summed E-state index contributed by atoms with van der Waals surface area (Å²) in [5.41, 5.74) is 0.823. The molecule has 1 fully saturated rings. The highest BCUT2D eigenvalue weighted by atomic mass is 32.1. The summed E-state index contributed by atoms with van der Waals surface area (Å²) < 4.78 is 0. The molecule has 8 nitrogen and oxygen atoms in total. The van der Waals surface area contributed by atoms with Crippen LogP contribution in [0, 0.1) is 5.92 Å². The molecule has 1 saturated heterocycles. The third-order valence-electron chi connectivity index (χ3n) is 5.02. The number of aromatic nitrogens is 4. The summed E-state index contributed by atoms with van der Waals surface area (Å²) in [4.78, 5) is 32.6. The molecular weight excluding hydrogens is 350 g/mol. The van der Waals surface area contributed by atoms with Crippen molar-refractivity contribution in [2.24, 2.45) is 5.92 Å². The van der Waals surface area contributed by atoms with Gasteiger partial charge in [0.15, 0.2) is 5.13 Å². The Hall–Kier alpha value is -2.68. The lowest BCUT2D eigenvalue weighted by molar-refractivity contribution is 0.172. The number of carbonyl (C=O) groups is 1. The second-order valence-corrected chi connectivity index (χ2v) is 7.49. The first-order chi connectivity index (χ1) is 12.6. The molecule has 3 aromatic heterocycles. The number of likely N-dealkylation sites (N-methyl/N-ethyl adjacent to an activating group) is 1. The van der Waals surface area contributed by atoms with Crippen molar-refractivity contribution in [1.29, 1.82) is 0 Å². The van der Waals surface area contributed by atoms with Crippen molar-refractivity contribution in [2.75, 3.05) is 30.4 Å². The van der Waals surface area contributed by atoms with E-state index in [1.165, 1.54) is 11.3 Å². The number of likely N-dealkylation sites (tertiary alicyclic amines) is 1. The highest BCUT2D eigenvalue weighted by Crippen LogP contribution is 2.28. The highest BCUT2D eigenvalue weighted by Gasteiger charge is 2.33. The number of hydrogen-bond acceptors (Lipinski definition) is 6. The highest BCUT2D eigenvalue weighted by molar-refractivity contribution is 7.13. The molecule has 9 heteroatoms. The normalized spacial score (nSPS) is 20.3. The quantitative estimate of drug-likeness (QED) is 0.739. The number of urea groups is 1. The number of carbonyl (C=O) groups excluding carboxylic acids is 1. The van der Waals surface area contributed by atoms with Crippen molar-refractivity contribution < 1.29 is 4.79 Å². The van der Waals surface area contributed by atoms with E-state index in [2.05, 4.69) is 37.1 Å². The van der Waals surface area contributed by atoms with E-state index < -0.39 is 0 Å². The van der Waals surface area contributed by atoms with Crippen LogP contribution in [0.5, 0.6) is 0 Å². The average molecular weight is 371 g/mol. The summed E-state index contributed by atoms with van der Waals surface area (Å²) in [5, 5.41) is 6.35. The van der Waals surface area contributed by atoms with Gasteiger partial charge in [0.1, 0.15) is 17.8 Å². The van der Waals surface area contributed by atoms with E-state index in [1.807, 2.05) is 29.6 Å². The van der Waals surface area contributed by atoms with Crippen molar-refractivity contribution >= 4 is 39.4 Å². The number of nitrogens with one attached hydrogen (secondary N) is 2. The van der Waals surface area contributed by atoms with Gasteiger partial charge in [-0.3, -0.25) is 5.32 Å². The van der Waals surface area contributed by atoms with Gasteiger partial charge in [0.2, 0.25) is 0 Å². The minimum absolute atomic E-state index is 0.0975. The van der Waals surface area contributed by atoms with Gasteiger partial charge in [0.25, 0.3) is 0 Å². The summed E-state index contributed by atoms with van der Waals surface area (Å²) in [7, 11) is 2.04. The number of rotatable bonds is 3. The van der Waals surface area contributed by atoms with Gasteiger partial charge in [-0.2, -0.15) is 0 Å². The number of piperidine rings is 1. The van der Waals surface area contributed by atoms with E-state index in [1.54, 1.807) is 12.5 Å². The molecule has 26 heavy (non-hydrogen) atoms. The molecule has 3 aromatic rings. The van der Waals surface area contributed by atoms with Crippen LogP contribution in [-0.2, 0) is 0 Å². The minimum atomic E-state index is -0.0975. The molecule has 2 atom stereocenters. The van der Waals surface area contributed by atoms with Crippen LogP contribution >= 0.6 is 11.3 Å². The molecule has 1 aliphatic heterocycles. The predicted molar refractivity (Wildman–Crippen MR) is 103 cm³/mol. The fraction of sp³-hybridized carbons (Fsp3) is 0.412. The summed E-state index contributed by atoms with van der Waals surface area (Å²) in [6.07, 6.45) is 6.08. The Morgan fingerprint density at radius 3 is 3.12 bits per heavy atom. The summed E-state index contributed by atoms with van der Waals surface area (Å²) in [6, 6.07) is 2.07. The van der Waals surface area contributed by atoms with Gasteiger partial charge < -0.3 is 14.8 Å². The maximum atomic E-state index is 12.6. The molecule has 2 amide bonds. The SMILES string of the molecule is CC1CCN(C(=O)Nc2nccs2)CC1N(C)c1ncnc2[nH]ccc12. The van der Waals surface area contributed by atoms with Gasteiger partial charge in [-0.05, 0) is 18.4 Å². The lowest BCUT2D eigenvalue weighted by Gasteiger charge is -2.42. The molecular formula is C17H21N7OS. The van der Waals surface area contributed by atoms with Gasteiger partial charge in [-0.15, -0.1) is 11.3 Å². The molecule has 0 aromatic carbocycles. The fourth-order valence-corrected chi connectivity index (χ4v) is 4.01. The standard InChI is InChI=1S/C17H21N7OS/c1-11-4-7-24(17(25)22-16-19-6-8-26-16)9-13(11)23(2)15-12-3-5-18-14(12)20-10-21-15/h3,5-6,8,10-11,13H,4,7,9H2,1-2H3,(H,18,20,21)(H,19,22,25). The van der Waals surface area contributed by atoms with Crippen molar-refractivity contribution in [3.63, 3.8) is 0 Å². The molecule has 1 aliphatic rings. The Kier molecular flexibility index (Phi) is 4.46. The van der Waals surface area contributed by atoms with E-state index in [4.69, 9.17) is 0 Å². The van der Waals surface area contributed by atoms with Crippen LogP contribution in [0.4, 0.5) is 15.7 Å². The Morgan fingerprint density at radius 1 is 1.42 bits per heavy atom. The molecule has 0 spiro atoms. The van der Waals surface area contributed by atoms with Crippen LogP contribution in [0.3, 0.4) is 0 Å². The lowest BCUT2D eigenvalue weighted by Crippen LogP contribution is -2.53. The van der Waals surface area contributed by atoms with Crippen molar-refractivity contribution in [2.45, 2.75) is 19.4 Å². The molecule has 0 bridgehead atoms. The number of thiazole rings is 1. The van der Waals surface area contributed by atoms with E-state index in [0.717, 1.165) is 29.8 Å². The predicted octanol–water partition coefficient (Wildman–Crippen LogP) is 2.79. The maximum absolute atomic E-state index is 12.6. The Balaban J connectivity index is 1.53. The molecule has 0 saturated carbocycles. The minimum Gasteiger partial charge on any atom is -0.354 e. The number of anilines is 2. The monoisotopic (exact) mass is 371 g/mol. The third-order valence-corrected chi connectivity index (χ3v) is 5.71. The molecule has 136 valence electrons. The largest absolute Gasteiger partial charge is 0.354 e. The van der Waals surface area contributed by atoms with Crippen LogP contribution in [0.15, 0.2) is 30.2 Å². The Bertz CT molecular complexity index is 894. The molecule has 2 N–H and O–H groups in total. The zero-order valence-corrected chi connectivity index (χ0v) is 15.5. The van der Waals surface area contributed by atoms with Crippen LogP contribution in [0.1, 0.15) is 13.3 Å². The lowest BCUT2D eigenvalue weighted by atomic mass is 9.92. The van der Waals surface area contributed by atoms with Gasteiger partial charge in [0.05, 0.1) is 11.4 Å². The molecule has 4 rings (SSSR count). The first-order valence-electron chi connectivity index (χ1n) is 8.60. The number of nitrogens with zero attached hydrogens (tertiary/aromatic N) is 5. The van der Waals surface area contributed by atoms with Crippen molar-refractivity contribution in [3.05, 3.63) is 30.2 Å². The third kappa shape index (κ3) is 3.10. The first-order valence-corrected chi connectivity index (χ1v) is 9.48. The molecule has 0 aliphatic carbocycles. The van der Waals surface area contributed by atoms with E-state index in [0.29, 0.717) is 17.6 Å².